The molecule has 1 amide bonds. The number of esters is 1. The van der Waals surface area contributed by atoms with Gasteiger partial charge in [0.1, 0.15) is 0 Å². The van der Waals surface area contributed by atoms with E-state index in [1.54, 1.807) is 12.3 Å². The Hall–Kier alpha value is -2.21. The summed E-state index contributed by atoms with van der Waals surface area (Å²) < 4.78 is 4.96. The minimum atomic E-state index is -0.385. The maximum atomic E-state index is 12.3. The van der Waals surface area contributed by atoms with Crippen molar-refractivity contribution in [3.8, 4) is 0 Å². The zero-order valence-corrected chi connectivity index (χ0v) is 15.8. The van der Waals surface area contributed by atoms with E-state index >= 15 is 0 Å². The summed E-state index contributed by atoms with van der Waals surface area (Å²) in [7, 11) is 0. The number of carbonyl (C=O) groups excluding carboxylic acids is 2. The summed E-state index contributed by atoms with van der Waals surface area (Å²) in [5, 5.41) is 5.71. The van der Waals surface area contributed by atoms with Gasteiger partial charge in [-0.2, -0.15) is 0 Å². The second-order valence-corrected chi connectivity index (χ2v) is 7.47. The van der Waals surface area contributed by atoms with Crippen molar-refractivity contribution in [1.29, 1.82) is 0 Å². The molecule has 0 spiro atoms. The molecule has 0 aliphatic heterocycles. The second kappa shape index (κ2) is 8.94. The van der Waals surface area contributed by atoms with Crippen LogP contribution in [0, 0.1) is 0 Å². The third-order valence-electron chi connectivity index (χ3n) is 4.55. The second-order valence-electron chi connectivity index (χ2n) is 6.53. The van der Waals surface area contributed by atoms with Crippen LogP contribution in [-0.2, 0) is 11.2 Å². The number of aromatic nitrogens is 1. The van der Waals surface area contributed by atoms with Gasteiger partial charge in [0.25, 0.3) is 5.91 Å². The Morgan fingerprint density at radius 3 is 2.62 bits per heavy atom. The molecule has 1 fully saturated rings. The molecule has 1 aliphatic carbocycles. The van der Waals surface area contributed by atoms with Gasteiger partial charge in [-0.1, -0.05) is 31.4 Å². The normalized spacial score (nSPS) is 14.8. The first kappa shape index (κ1) is 18.6. The number of nitrogens with zero attached hydrogens (tertiary/aromatic N) is 1. The van der Waals surface area contributed by atoms with Gasteiger partial charge < -0.3 is 10.1 Å². The fraction of sp³-hybridized carbons (Fsp3) is 0.450. The fourth-order valence-corrected chi connectivity index (χ4v) is 3.95. The average Bonchev–Trinajstić information content (AvgIpc) is 3.12. The van der Waals surface area contributed by atoms with Crippen LogP contribution in [0.5, 0.6) is 0 Å². The van der Waals surface area contributed by atoms with Gasteiger partial charge in [-0.15, -0.1) is 11.3 Å². The van der Waals surface area contributed by atoms with Crippen molar-refractivity contribution in [2.45, 2.75) is 51.5 Å². The molecule has 0 atom stereocenters. The van der Waals surface area contributed by atoms with E-state index in [0.717, 1.165) is 23.4 Å². The monoisotopic (exact) mass is 372 g/mol. The Morgan fingerprint density at radius 2 is 1.92 bits per heavy atom. The average molecular weight is 372 g/mol. The van der Waals surface area contributed by atoms with Crippen molar-refractivity contribution in [2.24, 2.45) is 0 Å². The van der Waals surface area contributed by atoms with Crippen molar-refractivity contribution in [1.82, 2.24) is 10.3 Å². The fourth-order valence-electron chi connectivity index (χ4n) is 3.16. The highest BCUT2D eigenvalue weighted by atomic mass is 32.1. The maximum absolute atomic E-state index is 12.3. The number of hydrogen-bond donors (Lipinski definition) is 1. The molecule has 0 saturated heterocycles. The number of ether oxygens (including phenoxy) is 1. The lowest BCUT2D eigenvalue weighted by Crippen LogP contribution is -2.36. The van der Waals surface area contributed by atoms with Crippen molar-refractivity contribution < 1.29 is 14.3 Å². The molecule has 1 heterocycles. The van der Waals surface area contributed by atoms with Gasteiger partial charge in [-0.05, 0) is 37.5 Å². The minimum Gasteiger partial charge on any atom is -0.461 e. The van der Waals surface area contributed by atoms with Crippen LogP contribution in [0.3, 0.4) is 0 Å². The van der Waals surface area contributed by atoms with Crippen LogP contribution in [0.2, 0.25) is 0 Å². The molecule has 0 unspecified atom stereocenters. The molecule has 6 heteroatoms. The van der Waals surface area contributed by atoms with Gasteiger partial charge in [-0.25, -0.2) is 9.78 Å². The number of rotatable bonds is 6. The highest BCUT2D eigenvalue weighted by Crippen LogP contribution is 2.19. The molecule has 1 aromatic heterocycles. The van der Waals surface area contributed by atoms with Crippen LogP contribution in [0.1, 0.15) is 70.4 Å². The number of hydrogen-bond acceptors (Lipinski definition) is 5. The molecular formula is C20H24N2O3S. The zero-order valence-electron chi connectivity index (χ0n) is 15.0. The molecule has 138 valence electrons. The largest absolute Gasteiger partial charge is 0.461 e. The van der Waals surface area contributed by atoms with Crippen molar-refractivity contribution in [2.75, 3.05) is 6.61 Å². The topological polar surface area (TPSA) is 68.3 Å². The Morgan fingerprint density at radius 1 is 1.19 bits per heavy atom. The van der Waals surface area contributed by atoms with Gasteiger partial charge in [0.2, 0.25) is 0 Å². The molecule has 0 radical (unpaired) electrons. The number of benzene rings is 1. The van der Waals surface area contributed by atoms with E-state index in [2.05, 4.69) is 10.3 Å². The Kier molecular flexibility index (Phi) is 6.39. The van der Waals surface area contributed by atoms with E-state index < -0.39 is 0 Å². The number of thiazole rings is 1. The molecule has 5 nitrogen and oxygen atoms in total. The quantitative estimate of drug-likeness (QED) is 0.779. The summed E-state index contributed by atoms with van der Waals surface area (Å²) in [5.41, 5.74) is 2.10. The van der Waals surface area contributed by atoms with E-state index in [0.29, 0.717) is 30.3 Å². The first-order valence-electron chi connectivity index (χ1n) is 9.17. The molecule has 3 rings (SSSR count). The summed E-state index contributed by atoms with van der Waals surface area (Å²) in [6.07, 6.45) is 6.47. The summed E-state index contributed by atoms with van der Waals surface area (Å²) in [6.45, 7) is 2.12. The minimum absolute atomic E-state index is 0.00213. The highest BCUT2D eigenvalue weighted by molar-refractivity contribution is 7.09. The van der Waals surface area contributed by atoms with Crippen LogP contribution in [0.4, 0.5) is 0 Å². The van der Waals surface area contributed by atoms with E-state index in [1.807, 2.05) is 24.3 Å². The van der Waals surface area contributed by atoms with Gasteiger partial charge in [0.05, 0.1) is 11.6 Å². The third-order valence-corrected chi connectivity index (χ3v) is 5.40. The number of amides is 1. The van der Waals surface area contributed by atoms with Gasteiger partial charge >= 0.3 is 5.97 Å². The third kappa shape index (κ3) is 4.91. The maximum Gasteiger partial charge on any atom is 0.357 e. The van der Waals surface area contributed by atoms with Crippen molar-refractivity contribution >= 4 is 23.2 Å². The molecular weight excluding hydrogens is 348 g/mol. The predicted molar refractivity (Wildman–Crippen MR) is 102 cm³/mol. The van der Waals surface area contributed by atoms with E-state index in [1.165, 1.54) is 30.6 Å². The van der Waals surface area contributed by atoms with Crippen LogP contribution in [0.25, 0.3) is 0 Å². The van der Waals surface area contributed by atoms with Crippen LogP contribution in [0.15, 0.2) is 29.6 Å². The molecule has 1 saturated carbocycles. The Labute approximate surface area is 157 Å². The van der Waals surface area contributed by atoms with Crippen LogP contribution in [-0.4, -0.2) is 29.5 Å². The van der Waals surface area contributed by atoms with Gasteiger partial charge in [-0.3, -0.25) is 4.79 Å². The summed E-state index contributed by atoms with van der Waals surface area (Å²) in [4.78, 5) is 28.3. The number of nitrogens with one attached hydrogen (secondary N) is 1. The Balaban J connectivity index is 1.57. The molecule has 0 bridgehead atoms. The highest BCUT2D eigenvalue weighted by Gasteiger charge is 2.17. The molecule has 2 aromatic rings. The van der Waals surface area contributed by atoms with Gasteiger partial charge in [0, 0.05) is 23.4 Å². The summed E-state index contributed by atoms with van der Waals surface area (Å²) in [5.74, 6) is -0.382. The molecule has 1 aromatic carbocycles. The molecule has 26 heavy (non-hydrogen) atoms. The van der Waals surface area contributed by atoms with E-state index in [9.17, 15) is 9.59 Å². The first-order chi connectivity index (χ1) is 12.7. The number of carbonyl (C=O) groups is 2. The van der Waals surface area contributed by atoms with E-state index in [4.69, 9.17) is 4.74 Å². The lowest BCUT2D eigenvalue weighted by Gasteiger charge is -2.22. The van der Waals surface area contributed by atoms with Crippen molar-refractivity contribution in [3.05, 3.63) is 51.5 Å². The van der Waals surface area contributed by atoms with Crippen LogP contribution < -0.4 is 5.32 Å². The summed E-state index contributed by atoms with van der Waals surface area (Å²) in [6, 6.07) is 7.91. The summed E-state index contributed by atoms with van der Waals surface area (Å²) >= 11 is 1.44. The van der Waals surface area contributed by atoms with Crippen LogP contribution >= 0.6 is 11.3 Å². The molecule has 1 aliphatic rings. The zero-order chi connectivity index (χ0) is 18.4. The SMILES string of the molecule is CCOC(=O)c1csc(Cc2ccc(C(=O)NC3CCCCC3)cc2)n1. The standard InChI is InChI=1S/C20H24N2O3S/c1-2-25-20(24)17-13-26-18(22-17)12-14-8-10-15(11-9-14)19(23)21-16-6-4-3-5-7-16/h8-11,13,16H,2-7,12H2,1H3,(H,21,23). The van der Waals surface area contributed by atoms with Gasteiger partial charge in [0.15, 0.2) is 5.69 Å². The lowest BCUT2D eigenvalue weighted by molar-refractivity contribution is 0.0520. The lowest BCUT2D eigenvalue weighted by atomic mass is 9.95. The predicted octanol–water partition coefficient (Wildman–Crippen LogP) is 3.97. The Bertz CT molecular complexity index is 749. The van der Waals surface area contributed by atoms with Crippen molar-refractivity contribution in [3.63, 3.8) is 0 Å². The van der Waals surface area contributed by atoms with E-state index in [-0.39, 0.29) is 11.9 Å². The first-order valence-corrected chi connectivity index (χ1v) is 10.0. The molecule has 1 N–H and O–H groups in total. The smallest absolute Gasteiger partial charge is 0.357 e.